The Hall–Kier alpha value is -2.53. The summed E-state index contributed by atoms with van der Waals surface area (Å²) in [4.78, 5) is 27.8. The van der Waals surface area contributed by atoms with Gasteiger partial charge in [-0.3, -0.25) is 0 Å². The van der Waals surface area contributed by atoms with E-state index in [4.69, 9.17) is 35.7 Å². The molecule has 154 valence electrons. The van der Waals surface area contributed by atoms with Crippen LogP contribution in [-0.4, -0.2) is 66.2 Å². The lowest BCUT2D eigenvalue weighted by molar-refractivity contribution is -0.314. The Morgan fingerprint density at radius 3 is 0.962 bits per heavy atom. The van der Waals surface area contributed by atoms with Crippen LogP contribution in [0.3, 0.4) is 0 Å². The molecule has 0 aliphatic rings. The van der Waals surface area contributed by atoms with Gasteiger partial charge >= 0.3 is 17.9 Å². The monoisotopic (exact) mass is 382 g/mol. The van der Waals surface area contributed by atoms with Crippen LogP contribution in [-0.2, 0) is 14.4 Å². The third kappa shape index (κ3) is 125. The van der Waals surface area contributed by atoms with Crippen LogP contribution >= 0.6 is 0 Å². The minimum absolute atomic E-state index is 0.00694. The zero-order valence-electron chi connectivity index (χ0n) is 15.0. The number of aliphatic hydroxyl groups is 4. The Balaban J connectivity index is -0.0000000717. The van der Waals surface area contributed by atoms with Crippen molar-refractivity contribution in [2.75, 3.05) is 6.61 Å². The van der Waals surface area contributed by atoms with Crippen LogP contribution in [0.2, 0.25) is 0 Å². The molecule has 26 heavy (non-hydrogen) atoms. The fourth-order valence-corrected chi connectivity index (χ4v) is 0.335. The van der Waals surface area contributed by atoms with Gasteiger partial charge in [0, 0.05) is 31.3 Å². The first kappa shape index (κ1) is 34.7. The van der Waals surface area contributed by atoms with Crippen LogP contribution in [0.5, 0.6) is 0 Å². The summed E-state index contributed by atoms with van der Waals surface area (Å²) in [6.45, 7) is 12.9. The molecule has 0 aliphatic heterocycles. The molecule has 0 rings (SSSR count). The number of carboxylic acid groups (broad SMARTS) is 3. The van der Waals surface area contributed by atoms with Crippen LogP contribution in [0.25, 0.3) is 0 Å². The fraction of sp³-hybridized carbons (Fsp3) is 0.438. The van der Waals surface area contributed by atoms with Crippen molar-refractivity contribution in [1.82, 2.24) is 0 Å². The van der Waals surface area contributed by atoms with Gasteiger partial charge < -0.3 is 35.7 Å². The van der Waals surface area contributed by atoms with E-state index in [-0.39, 0.29) is 6.42 Å². The SMILES string of the molecule is C=CC(=O)O.C=CC(=O)O.C=CC(=O)O.CCCC(O)(O)O.CCCO. The maximum atomic E-state index is 9.25. The summed E-state index contributed by atoms with van der Waals surface area (Å²) in [5, 5.41) is 55.1. The van der Waals surface area contributed by atoms with Crippen molar-refractivity contribution in [3.05, 3.63) is 38.0 Å². The maximum absolute atomic E-state index is 9.25. The highest BCUT2D eigenvalue weighted by atomic mass is 16.7. The lowest BCUT2D eigenvalue weighted by Gasteiger charge is -2.10. The van der Waals surface area contributed by atoms with E-state index >= 15 is 0 Å². The number of hydrogen-bond acceptors (Lipinski definition) is 7. The van der Waals surface area contributed by atoms with Crippen LogP contribution in [0.15, 0.2) is 38.0 Å². The summed E-state index contributed by atoms with van der Waals surface area (Å²) in [5.41, 5.74) is 0. The van der Waals surface area contributed by atoms with Gasteiger partial charge in [-0.05, 0) is 12.8 Å². The van der Waals surface area contributed by atoms with Crippen LogP contribution in [0, 0.1) is 0 Å². The fourth-order valence-electron chi connectivity index (χ4n) is 0.335. The van der Waals surface area contributed by atoms with Gasteiger partial charge in [0.05, 0.1) is 0 Å². The second-order valence-corrected chi connectivity index (χ2v) is 3.88. The molecule has 0 saturated heterocycles. The molecule has 0 radical (unpaired) electrons. The van der Waals surface area contributed by atoms with Gasteiger partial charge in [-0.25, -0.2) is 14.4 Å². The first-order valence-electron chi connectivity index (χ1n) is 7.13. The quantitative estimate of drug-likeness (QED) is 0.252. The molecule has 0 aromatic carbocycles. The number of carboxylic acids is 3. The molecule has 0 spiro atoms. The number of carbonyl (C=O) groups is 3. The Morgan fingerprint density at radius 1 is 0.769 bits per heavy atom. The summed E-state index contributed by atoms with van der Waals surface area (Å²) in [6.07, 6.45) is 3.94. The van der Waals surface area contributed by atoms with Gasteiger partial charge in [0.2, 0.25) is 0 Å². The highest BCUT2D eigenvalue weighted by Crippen LogP contribution is 2.01. The molecule has 7 N–H and O–H groups in total. The zero-order chi connectivity index (χ0) is 22.2. The van der Waals surface area contributed by atoms with Gasteiger partial charge in [-0.1, -0.05) is 33.6 Å². The molecule has 0 aromatic rings. The van der Waals surface area contributed by atoms with E-state index < -0.39 is 23.9 Å². The zero-order valence-corrected chi connectivity index (χ0v) is 15.0. The van der Waals surface area contributed by atoms with Gasteiger partial charge in [0.15, 0.2) is 0 Å². The molecule has 0 aliphatic carbocycles. The van der Waals surface area contributed by atoms with E-state index in [1.807, 2.05) is 6.92 Å². The van der Waals surface area contributed by atoms with Gasteiger partial charge in [-0.2, -0.15) is 0 Å². The number of aliphatic carboxylic acids is 3. The van der Waals surface area contributed by atoms with Crippen LogP contribution in [0.4, 0.5) is 0 Å². The van der Waals surface area contributed by atoms with E-state index in [0.717, 1.165) is 24.6 Å². The van der Waals surface area contributed by atoms with Crippen molar-refractivity contribution in [3.63, 3.8) is 0 Å². The summed E-state index contributed by atoms with van der Waals surface area (Å²) in [6, 6.07) is 0. The molecule has 0 amide bonds. The topological polar surface area (TPSA) is 193 Å². The van der Waals surface area contributed by atoms with Crippen LogP contribution < -0.4 is 0 Å². The second kappa shape index (κ2) is 27.3. The van der Waals surface area contributed by atoms with E-state index in [1.54, 1.807) is 6.92 Å². The summed E-state index contributed by atoms with van der Waals surface area (Å²) < 4.78 is 0. The third-order valence-corrected chi connectivity index (χ3v) is 1.33. The first-order valence-corrected chi connectivity index (χ1v) is 7.13. The van der Waals surface area contributed by atoms with Gasteiger partial charge in [0.25, 0.3) is 5.97 Å². The number of aliphatic hydroxyl groups excluding tert-OH is 1. The molecular weight excluding hydrogens is 352 g/mol. The molecule has 0 saturated carbocycles. The summed E-state index contributed by atoms with van der Waals surface area (Å²) in [7, 11) is 0. The maximum Gasteiger partial charge on any atom is 0.327 e. The minimum Gasteiger partial charge on any atom is -0.478 e. The Labute approximate surface area is 152 Å². The van der Waals surface area contributed by atoms with Crippen molar-refractivity contribution < 1.29 is 50.1 Å². The highest BCUT2D eigenvalue weighted by Gasteiger charge is 2.14. The van der Waals surface area contributed by atoms with E-state index in [0.29, 0.717) is 13.0 Å². The lowest BCUT2D eigenvalue weighted by Crippen LogP contribution is -2.26. The molecule has 0 heterocycles. The number of rotatable bonds is 6. The predicted molar refractivity (Wildman–Crippen MR) is 95.2 cm³/mol. The van der Waals surface area contributed by atoms with E-state index in [2.05, 4.69) is 19.7 Å². The molecule has 0 aromatic heterocycles. The number of hydrogen-bond donors (Lipinski definition) is 7. The average Bonchev–Trinajstić information content (AvgIpc) is 2.55. The Kier molecular flexibility index (Phi) is 36.5. The summed E-state index contributed by atoms with van der Waals surface area (Å²) >= 11 is 0. The van der Waals surface area contributed by atoms with Crippen molar-refractivity contribution in [3.8, 4) is 0 Å². The molecular formula is C16H30O10. The van der Waals surface area contributed by atoms with Gasteiger partial charge in [-0.15, -0.1) is 0 Å². The average molecular weight is 382 g/mol. The van der Waals surface area contributed by atoms with Gasteiger partial charge in [0.1, 0.15) is 0 Å². The molecule has 0 atom stereocenters. The minimum atomic E-state index is -2.45. The largest absolute Gasteiger partial charge is 0.478 e. The van der Waals surface area contributed by atoms with Crippen molar-refractivity contribution in [1.29, 1.82) is 0 Å². The molecule has 0 unspecified atom stereocenters. The predicted octanol–water partition coefficient (Wildman–Crippen LogP) is 0.577. The third-order valence-electron chi connectivity index (χ3n) is 1.33. The van der Waals surface area contributed by atoms with E-state index in [1.165, 1.54) is 0 Å². The first-order chi connectivity index (χ1) is 11.8. The van der Waals surface area contributed by atoms with Crippen LogP contribution in [0.1, 0.15) is 33.1 Å². The lowest BCUT2D eigenvalue weighted by atomic mass is 10.3. The smallest absolute Gasteiger partial charge is 0.327 e. The standard InChI is InChI=1S/C4H10O3.3C3H4O2.C3H8O/c1-2-3-4(5,6)7;3*1-2-3(4)5;1-2-3-4/h5-7H,2-3H2,1H3;3*2H,1H2,(H,4,5);4H,2-3H2,1H3. The molecule has 10 nitrogen and oxygen atoms in total. The van der Waals surface area contributed by atoms with Crippen molar-refractivity contribution in [2.45, 2.75) is 39.1 Å². The summed E-state index contributed by atoms with van der Waals surface area (Å²) in [5.74, 6) is -5.39. The van der Waals surface area contributed by atoms with E-state index in [9.17, 15) is 14.4 Å². The molecule has 0 bridgehead atoms. The molecule has 0 fully saturated rings. The second-order valence-electron chi connectivity index (χ2n) is 3.88. The Morgan fingerprint density at radius 2 is 0.962 bits per heavy atom. The van der Waals surface area contributed by atoms with Crippen molar-refractivity contribution >= 4 is 17.9 Å². The Bertz CT molecular complexity index is 338. The molecule has 10 heteroatoms. The van der Waals surface area contributed by atoms with Crippen molar-refractivity contribution in [2.24, 2.45) is 0 Å². The normalized spacial score (nSPS) is 8.08. The highest BCUT2D eigenvalue weighted by molar-refractivity contribution is 5.79.